The van der Waals surface area contributed by atoms with E-state index in [1.165, 1.54) is 6.08 Å². The molecular weight excluding hydrogens is 487 g/mol. The third kappa shape index (κ3) is 4.77. The number of fused-ring (bicyclic) bond motifs is 1. The normalized spacial score (nSPS) is 11.4. The lowest BCUT2D eigenvalue weighted by atomic mass is 10.1. The Balaban J connectivity index is 1.32. The van der Waals surface area contributed by atoms with Crippen LogP contribution in [-0.4, -0.2) is 10.9 Å². The van der Waals surface area contributed by atoms with E-state index in [0.717, 1.165) is 37.6 Å². The second-order valence-electron chi connectivity index (χ2n) is 7.67. The van der Waals surface area contributed by atoms with Crippen LogP contribution in [0, 0.1) is 6.92 Å². The Morgan fingerprint density at radius 3 is 2.71 bits per heavy atom. The number of nitrogens with one attached hydrogen (secondary N) is 1. The molecule has 34 heavy (non-hydrogen) atoms. The summed E-state index contributed by atoms with van der Waals surface area (Å²) in [6.07, 6.45) is 3.06. The van der Waals surface area contributed by atoms with E-state index in [4.69, 9.17) is 32.6 Å². The summed E-state index contributed by atoms with van der Waals surface area (Å²) in [4.78, 5) is 17.3. The number of carbonyl (C=O) groups is 1. The lowest BCUT2D eigenvalue weighted by molar-refractivity contribution is -0.111. The van der Waals surface area contributed by atoms with Crippen LogP contribution in [0.2, 0.25) is 10.0 Å². The fourth-order valence-electron chi connectivity index (χ4n) is 3.49. The highest BCUT2D eigenvalue weighted by Crippen LogP contribution is 2.33. The summed E-state index contributed by atoms with van der Waals surface area (Å²) >= 11 is 13.8. The molecular formula is C27H18Cl2N2O2S. The number of halogens is 2. The number of hydrogen-bond acceptors (Lipinski definition) is 4. The molecule has 0 aliphatic carbocycles. The van der Waals surface area contributed by atoms with Crippen LogP contribution in [0.15, 0.2) is 83.3 Å². The Kier molecular flexibility index (Phi) is 6.24. The maximum Gasteiger partial charge on any atom is 0.248 e. The van der Waals surface area contributed by atoms with Gasteiger partial charge in [-0.15, -0.1) is 11.3 Å². The lowest BCUT2D eigenvalue weighted by Crippen LogP contribution is -2.09. The number of para-hydroxylation sites is 1. The average Bonchev–Trinajstić information content (AvgIpc) is 3.46. The third-order valence-corrected chi connectivity index (χ3v) is 6.89. The zero-order valence-corrected chi connectivity index (χ0v) is 20.3. The van der Waals surface area contributed by atoms with Crippen LogP contribution in [0.4, 0.5) is 5.69 Å². The molecule has 168 valence electrons. The number of nitrogens with zero attached hydrogens (tertiary/aromatic N) is 1. The number of hydrogen-bond donors (Lipinski definition) is 1. The van der Waals surface area contributed by atoms with E-state index in [-0.39, 0.29) is 5.91 Å². The highest BCUT2D eigenvalue weighted by molar-refractivity contribution is 7.21. The molecule has 0 bridgehead atoms. The van der Waals surface area contributed by atoms with Gasteiger partial charge in [-0.3, -0.25) is 4.79 Å². The van der Waals surface area contributed by atoms with Crippen LogP contribution in [0.5, 0.6) is 0 Å². The van der Waals surface area contributed by atoms with Crippen molar-refractivity contribution in [3.05, 3.63) is 100 Å². The highest BCUT2D eigenvalue weighted by atomic mass is 35.5. The summed E-state index contributed by atoms with van der Waals surface area (Å²) in [5.74, 6) is 0.879. The number of amides is 1. The molecule has 7 heteroatoms. The van der Waals surface area contributed by atoms with Crippen molar-refractivity contribution < 1.29 is 9.21 Å². The van der Waals surface area contributed by atoms with Gasteiger partial charge in [0, 0.05) is 27.9 Å². The molecule has 3 aromatic carbocycles. The molecule has 0 unspecified atom stereocenters. The molecule has 0 atom stereocenters. The van der Waals surface area contributed by atoms with Crippen molar-refractivity contribution >= 4 is 62.4 Å². The maximum atomic E-state index is 12.6. The van der Waals surface area contributed by atoms with Gasteiger partial charge < -0.3 is 9.73 Å². The van der Waals surface area contributed by atoms with Gasteiger partial charge in [0.25, 0.3) is 0 Å². The van der Waals surface area contributed by atoms with Crippen LogP contribution in [-0.2, 0) is 4.79 Å². The number of furan rings is 1. The average molecular weight is 505 g/mol. The zero-order chi connectivity index (χ0) is 23.7. The number of benzene rings is 3. The van der Waals surface area contributed by atoms with Crippen LogP contribution in [0.25, 0.3) is 38.2 Å². The zero-order valence-electron chi connectivity index (χ0n) is 18.0. The summed E-state index contributed by atoms with van der Waals surface area (Å²) in [6.45, 7) is 1.95. The predicted octanol–water partition coefficient (Wildman–Crippen LogP) is 8.49. The summed E-state index contributed by atoms with van der Waals surface area (Å²) in [6, 6.07) is 22.8. The fourth-order valence-corrected chi connectivity index (χ4v) is 4.96. The van der Waals surface area contributed by atoms with E-state index in [1.807, 2.05) is 43.3 Å². The Labute approximate surface area is 210 Å². The first-order valence-corrected chi connectivity index (χ1v) is 12.0. The van der Waals surface area contributed by atoms with Crippen molar-refractivity contribution in [1.29, 1.82) is 0 Å². The van der Waals surface area contributed by atoms with Crippen molar-refractivity contribution in [2.75, 3.05) is 5.32 Å². The number of aryl methyl sites for hydroxylation is 1. The number of aromatic nitrogens is 1. The Hall–Kier alpha value is -3.38. The van der Waals surface area contributed by atoms with Crippen LogP contribution < -0.4 is 5.32 Å². The Morgan fingerprint density at radius 2 is 1.88 bits per heavy atom. The summed E-state index contributed by atoms with van der Waals surface area (Å²) in [5, 5.41) is 4.92. The van der Waals surface area contributed by atoms with Gasteiger partial charge in [-0.05, 0) is 67.1 Å². The van der Waals surface area contributed by atoms with Crippen molar-refractivity contribution in [1.82, 2.24) is 4.98 Å². The number of rotatable bonds is 5. The monoisotopic (exact) mass is 504 g/mol. The van der Waals surface area contributed by atoms with E-state index < -0.39 is 0 Å². The van der Waals surface area contributed by atoms with Gasteiger partial charge >= 0.3 is 0 Å². The van der Waals surface area contributed by atoms with Crippen molar-refractivity contribution in [2.45, 2.75) is 6.92 Å². The first-order chi connectivity index (χ1) is 16.5. The molecule has 5 rings (SSSR count). The highest BCUT2D eigenvalue weighted by Gasteiger charge is 2.11. The molecule has 0 fully saturated rings. The van der Waals surface area contributed by atoms with Gasteiger partial charge in [0.1, 0.15) is 16.5 Å². The molecule has 0 aliphatic heterocycles. The third-order valence-electron chi connectivity index (χ3n) is 5.26. The summed E-state index contributed by atoms with van der Waals surface area (Å²) in [5.41, 5.74) is 4.36. The predicted molar refractivity (Wildman–Crippen MR) is 142 cm³/mol. The first kappa shape index (κ1) is 22.4. The molecule has 0 saturated heterocycles. The van der Waals surface area contributed by atoms with Crippen LogP contribution in [0.1, 0.15) is 11.3 Å². The lowest BCUT2D eigenvalue weighted by Gasteiger charge is -2.08. The minimum absolute atomic E-state index is 0.257. The summed E-state index contributed by atoms with van der Waals surface area (Å²) in [7, 11) is 0. The van der Waals surface area contributed by atoms with Gasteiger partial charge in [-0.1, -0.05) is 47.5 Å². The van der Waals surface area contributed by atoms with E-state index in [0.29, 0.717) is 21.6 Å². The smallest absolute Gasteiger partial charge is 0.248 e. The minimum atomic E-state index is -0.257. The second-order valence-corrected chi connectivity index (χ2v) is 9.54. The second kappa shape index (κ2) is 9.47. The van der Waals surface area contributed by atoms with Crippen LogP contribution >= 0.6 is 34.5 Å². The standard InChI is InChI=1S/C27H18Cl2N2O2S/c1-16-6-7-17(27-31-22-4-2-3-5-25(22)34-27)14-23(16)30-26(32)13-10-19-9-12-24(33-19)20-11-8-18(28)15-21(20)29/h2-15H,1H3,(H,30,32)/b13-10+. The van der Waals surface area contributed by atoms with Gasteiger partial charge in [0.05, 0.1) is 15.2 Å². The number of anilines is 1. The molecule has 0 radical (unpaired) electrons. The molecule has 2 aromatic heterocycles. The first-order valence-electron chi connectivity index (χ1n) is 10.5. The fraction of sp³-hybridized carbons (Fsp3) is 0.0370. The van der Waals surface area contributed by atoms with Gasteiger partial charge in [-0.25, -0.2) is 4.98 Å². The van der Waals surface area contributed by atoms with Crippen molar-refractivity contribution in [3.63, 3.8) is 0 Å². The van der Waals surface area contributed by atoms with Gasteiger partial charge in [0.15, 0.2) is 0 Å². The van der Waals surface area contributed by atoms with E-state index in [9.17, 15) is 4.79 Å². The molecule has 2 heterocycles. The molecule has 0 saturated carbocycles. The van der Waals surface area contributed by atoms with E-state index in [1.54, 1.807) is 47.7 Å². The van der Waals surface area contributed by atoms with Crippen molar-refractivity contribution in [2.24, 2.45) is 0 Å². The molecule has 0 spiro atoms. The number of carbonyl (C=O) groups excluding carboxylic acids is 1. The topological polar surface area (TPSA) is 55.1 Å². The van der Waals surface area contributed by atoms with Gasteiger partial charge in [-0.2, -0.15) is 0 Å². The largest absolute Gasteiger partial charge is 0.457 e. The van der Waals surface area contributed by atoms with Crippen LogP contribution in [0.3, 0.4) is 0 Å². The molecule has 1 amide bonds. The van der Waals surface area contributed by atoms with E-state index in [2.05, 4.69) is 11.4 Å². The summed E-state index contributed by atoms with van der Waals surface area (Å²) < 4.78 is 6.95. The SMILES string of the molecule is Cc1ccc(-c2nc3ccccc3s2)cc1NC(=O)/C=C/c1ccc(-c2ccc(Cl)cc2Cl)o1. The molecule has 5 aromatic rings. The van der Waals surface area contributed by atoms with E-state index >= 15 is 0 Å². The Morgan fingerprint density at radius 1 is 1.03 bits per heavy atom. The minimum Gasteiger partial charge on any atom is -0.457 e. The molecule has 1 N–H and O–H groups in total. The van der Waals surface area contributed by atoms with Gasteiger partial charge in [0.2, 0.25) is 5.91 Å². The quantitative estimate of drug-likeness (QED) is 0.244. The molecule has 0 aliphatic rings. The number of thiazole rings is 1. The molecule has 4 nitrogen and oxygen atoms in total. The maximum absolute atomic E-state index is 12.6. The van der Waals surface area contributed by atoms with Crippen molar-refractivity contribution in [3.8, 4) is 21.9 Å². The Bertz CT molecular complexity index is 1520.